The van der Waals surface area contributed by atoms with Crippen LogP contribution in [-0.4, -0.2) is 27.8 Å². The van der Waals surface area contributed by atoms with Crippen molar-refractivity contribution in [2.75, 3.05) is 5.32 Å². The minimum absolute atomic E-state index is 0.181. The van der Waals surface area contributed by atoms with Crippen LogP contribution in [0.2, 0.25) is 0 Å². The fourth-order valence-corrected chi connectivity index (χ4v) is 2.48. The molecule has 1 aliphatic rings. The molecule has 0 bridgehead atoms. The van der Waals surface area contributed by atoms with Gasteiger partial charge in [0.2, 0.25) is 0 Å². The van der Waals surface area contributed by atoms with Crippen LogP contribution in [-0.2, 0) is 9.53 Å². The Bertz CT molecular complexity index is 597. The van der Waals surface area contributed by atoms with E-state index in [0.29, 0.717) is 16.7 Å². The monoisotopic (exact) mass is 324 g/mol. The fraction of sp³-hybridized carbons (Fsp3) is 0.533. The summed E-state index contributed by atoms with van der Waals surface area (Å²) in [6.45, 7) is 5.30. The lowest BCUT2D eigenvalue weighted by Gasteiger charge is -2.18. The Morgan fingerprint density at radius 3 is 2.73 bits per heavy atom. The molecule has 1 aliphatic carbocycles. The molecule has 0 spiro atoms. The Kier molecular flexibility index (Phi) is 4.85. The summed E-state index contributed by atoms with van der Waals surface area (Å²) in [5.74, 6) is -0.401. The zero-order valence-electron chi connectivity index (χ0n) is 12.9. The largest absolute Gasteiger partial charge is 0.478 e. The second-order valence-electron chi connectivity index (χ2n) is 6.27. The van der Waals surface area contributed by atoms with E-state index < -0.39 is 17.7 Å². The molecule has 2 N–H and O–H groups in total. The maximum absolute atomic E-state index is 11.7. The molecule has 1 heterocycles. The normalized spacial score (nSPS) is 15.5. The van der Waals surface area contributed by atoms with E-state index in [0.717, 1.165) is 19.3 Å². The van der Waals surface area contributed by atoms with Gasteiger partial charge in [-0.3, -0.25) is 5.32 Å². The van der Waals surface area contributed by atoms with E-state index >= 15 is 0 Å². The Morgan fingerprint density at radius 2 is 2.18 bits per heavy atom. The standard InChI is InChI=1S/C15H20N2O4S/c1-15(2,3)21-14(20)17-13-16-11(8-22-13)10(12(18)19)7-6-9-4-5-9/h7-9H,4-6H2,1-3H3,(H,18,19)(H,16,17,20)/b10-7+. The van der Waals surface area contributed by atoms with E-state index in [-0.39, 0.29) is 5.57 Å². The molecule has 1 aromatic heterocycles. The van der Waals surface area contributed by atoms with Crippen LogP contribution in [0.4, 0.5) is 9.93 Å². The molecular formula is C15H20N2O4S. The van der Waals surface area contributed by atoms with Gasteiger partial charge in [0.25, 0.3) is 0 Å². The predicted molar refractivity (Wildman–Crippen MR) is 84.9 cm³/mol. The van der Waals surface area contributed by atoms with Gasteiger partial charge in [-0.05, 0) is 46.0 Å². The summed E-state index contributed by atoms with van der Waals surface area (Å²) >= 11 is 1.17. The number of hydrogen-bond donors (Lipinski definition) is 2. The maximum atomic E-state index is 11.7. The molecule has 0 unspecified atom stereocenters. The molecule has 0 atom stereocenters. The van der Waals surface area contributed by atoms with Crippen LogP contribution < -0.4 is 5.32 Å². The fourth-order valence-electron chi connectivity index (χ4n) is 1.79. The molecule has 7 heteroatoms. The average molecular weight is 324 g/mol. The topological polar surface area (TPSA) is 88.5 Å². The van der Waals surface area contributed by atoms with E-state index in [2.05, 4.69) is 10.3 Å². The number of carboxylic acid groups (broad SMARTS) is 1. The Hall–Kier alpha value is -1.89. The van der Waals surface area contributed by atoms with Crippen LogP contribution in [0.15, 0.2) is 11.5 Å². The number of thiazole rings is 1. The molecule has 1 saturated carbocycles. The first-order chi connectivity index (χ1) is 10.2. The van der Waals surface area contributed by atoms with Crippen LogP contribution in [0, 0.1) is 5.92 Å². The minimum atomic E-state index is -1.00. The quantitative estimate of drug-likeness (QED) is 0.805. The number of ether oxygens (including phenoxy) is 1. The number of aliphatic carboxylic acids is 1. The van der Waals surface area contributed by atoms with Gasteiger partial charge in [-0.15, -0.1) is 11.3 Å². The lowest BCUT2D eigenvalue weighted by molar-refractivity contribution is -0.130. The highest BCUT2D eigenvalue weighted by atomic mass is 32.1. The van der Waals surface area contributed by atoms with Crippen molar-refractivity contribution in [3.8, 4) is 0 Å². The van der Waals surface area contributed by atoms with Gasteiger partial charge in [0.15, 0.2) is 5.13 Å². The Balaban J connectivity index is 2.03. The molecule has 2 rings (SSSR count). The van der Waals surface area contributed by atoms with Crippen molar-refractivity contribution in [1.29, 1.82) is 0 Å². The first kappa shape index (κ1) is 16.5. The third-order valence-electron chi connectivity index (χ3n) is 2.97. The molecule has 0 aliphatic heterocycles. The van der Waals surface area contributed by atoms with E-state index in [9.17, 15) is 14.7 Å². The number of nitrogens with zero attached hydrogens (tertiary/aromatic N) is 1. The molecule has 0 saturated heterocycles. The highest BCUT2D eigenvalue weighted by Crippen LogP contribution is 2.34. The molecule has 1 amide bonds. The Morgan fingerprint density at radius 1 is 1.50 bits per heavy atom. The smallest absolute Gasteiger partial charge is 0.413 e. The van der Waals surface area contributed by atoms with Crippen LogP contribution in [0.1, 0.15) is 45.7 Å². The molecular weight excluding hydrogens is 304 g/mol. The molecule has 0 radical (unpaired) electrons. The van der Waals surface area contributed by atoms with Gasteiger partial charge in [0.05, 0.1) is 11.3 Å². The van der Waals surface area contributed by atoms with Gasteiger partial charge in [-0.25, -0.2) is 14.6 Å². The molecule has 120 valence electrons. The van der Waals surface area contributed by atoms with Crippen molar-refractivity contribution in [1.82, 2.24) is 4.98 Å². The number of amides is 1. The summed E-state index contributed by atoms with van der Waals surface area (Å²) < 4.78 is 5.13. The van der Waals surface area contributed by atoms with Gasteiger partial charge in [0, 0.05) is 5.38 Å². The van der Waals surface area contributed by atoms with Gasteiger partial charge >= 0.3 is 12.1 Å². The van der Waals surface area contributed by atoms with Crippen LogP contribution in [0.25, 0.3) is 5.57 Å². The number of carbonyl (C=O) groups excluding carboxylic acids is 1. The van der Waals surface area contributed by atoms with E-state index in [1.54, 1.807) is 32.2 Å². The second-order valence-corrected chi connectivity index (χ2v) is 7.12. The lowest BCUT2D eigenvalue weighted by Crippen LogP contribution is -2.27. The first-order valence-electron chi connectivity index (χ1n) is 7.14. The van der Waals surface area contributed by atoms with Crippen molar-refractivity contribution in [2.24, 2.45) is 5.92 Å². The van der Waals surface area contributed by atoms with Gasteiger partial charge < -0.3 is 9.84 Å². The van der Waals surface area contributed by atoms with Crippen molar-refractivity contribution in [3.63, 3.8) is 0 Å². The highest BCUT2D eigenvalue weighted by Gasteiger charge is 2.22. The third-order valence-corrected chi connectivity index (χ3v) is 3.73. The summed E-state index contributed by atoms with van der Waals surface area (Å²) in [7, 11) is 0. The minimum Gasteiger partial charge on any atom is -0.478 e. The number of aromatic nitrogens is 1. The lowest BCUT2D eigenvalue weighted by atomic mass is 10.1. The van der Waals surface area contributed by atoms with Crippen molar-refractivity contribution in [2.45, 2.75) is 45.6 Å². The first-order valence-corrected chi connectivity index (χ1v) is 8.02. The summed E-state index contributed by atoms with van der Waals surface area (Å²) in [5.41, 5.74) is -0.0507. The van der Waals surface area contributed by atoms with E-state index in [1.807, 2.05) is 0 Å². The SMILES string of the molecule is CC(C)(C)OC(=O)Nc1nc(/C(=C\CC2CC2)C(=O)O)cs1. The molecule has 1 aromatic rings. The molecule has 6 nitrogen and oxygen atoms in total. The number of hydrogen-bond acceptors (Lipinski definition) is 5. The van der Waals surface area contributed by atoms with Crippen molar-refractivity contribution >= 4 is 34.1 Å². The maximum Gasteiger partial charge on any atom is 0.413 e. The van der Waals surface area contributed by atoms with Gasteiger partial charge in [-0.2, -0.15) is 0 Å². The predicted octanol–water partition coefficient (Wildman–Crippen LogP) is 3.76. The van der Waals surface area contributed by atoms with Crippen molar-refractivity contribution < 1.29 is 19.4 Å². The number of allylic oxidation sites excluding steroid dienone is 1. The summed E-state index contributed by atoms with van der Waals surface area (Å²) in [6, 6.07) is 0. The van der Waals surface area contributed by atoms with Crippen LogP contribution in [0.3, 0.4) is 0 Å². The van der Waals surface area contributed by atoms with E-state index in [4.69, 9.17) is 4.74 Å². The summed E-state index contributed by atoms with van der Waals surface area (Å²) in [6.07, 6.45) is 4.19. The molecule has 0 aromatic carbocycles. The number of rotatable bonds is 5. The number of anilines is 1. The average Bonchev–Trinajstić information content (AvgIpc) is 3.07. The zero-order valence-corrected chi connectivity index (χ0v) is 13.7. The van der Waals surface area contributed by atoms with Gasteiger partial charge in [-0.1, -0.05) is 6.08 Å². The third kappa shape index (κ3) is 5.14. The zero-order chi connectivity index (χ0) is 16.3. The van der Waals surface area contributed by atoms with Crippen molar-refractivity contribution in [3.05, 3.63) is 17.2 Å². The van der Waals surface area contributed by atoms with Gasteiger partial charge in [0.1, 0.15) is 5.60 Å². The number of carboxylic acids is 1. The molecule has 22 heavy (non-hydrogen) atoms. The molecule has 1 fully saturated rings. The number of nitrogens with one attached hydrogen (secondary N) is 1. The second kappa shape index (κ2) is 6.48. The highest BCUT2D eigenvalue weighted by molar-refractivity contribution is 7.14. The van der Waals surface area contributed by atoms with E-state index in [1.165, 1.54) is 11.3 Å². The number of carbonyl (C=O) groups is 2. The summed E-state index contributed by atoms with van der Waals surface area (Å²) in [4.78, 5) is 27.2. The summed E-state index contributed by atoms with van der Waals surface area (Å²) in [5, 5.41) is 13.8. The Labute approximate surface area is 133 Å². The van der Waals surface area contributed by atoms with Crippen LogP contribution in [0.5, 0.6) is 0 Å². The van der Waals surface area contributed by atoms with Crippen LogP contribution >= 0.6 is 11.3 Å².